The summed E-state index contributed by atoms with van der Waals surface area (Å²) in [6, 6.07) is 14.8. The van der Waals surface area contributed by atoms with Crippen LogP contribution < -0.4 is 10.3 Å². The summed E-state index contributed by atoms with van der Waals surface area (Å²) in [5.74, 6) is 0.183. The van der Waals surface area contributed by atoms with Crippen molar-refractivity contribution < 1.29 is 14.3 Å². The Kier molecular flexibility index (Phi) is 5.10. The topological polar surface area (TPSA) is 75.3 Å². The fourth-order valence-corrected chi connectivity index (χ4v) is 3.36. The lowest BCUT2D eigenvalue weighted by atomic mass is 10.1. The number of fused-ring (bicyclic) bond motifs is 1. The van der Waals surface area contributed by atoms with Crippen LogP contribution in [0.1, 0.15) is 22.8 Å². The molecule has 0 bridgehead atoms. The third kappa shape index (κ3) is 3.34. The second-order valence-electron chi connectivity index (χ2n) is 6.76. The van der Waals surface area contributed by atoms with Crippen molar-refractivity contribution in [2.75, 3.05) is 13.7 Å². The van der Waals surface area contributed by atoms with Gasteiger partial charge in [-0.05, 0) is 49.7 Å². The van der Waals surface area contributed by atoms with Crippen molar-refractivity contribution in [2.24, 2.45) is 0 Å². The number of carbonyl (C=O) groups is 1. The lowest BCUT2D eigenvalue weighted by Crippen LogP contribution is -2.16. The van der Waals surface area contributed by atoms with Crippen molar-refractivity contribution in [2.45, 2.75) is 13.8 Å². The number of methoxy groups -OCH3 is 1. The molecule has 0 spiro atoms. The van der Waals surface area contributed by atoms with E-state index >= 15 is 0 Å². The van der Waals surface area contributed by atoms with Crippen LogP contribution in [0.5, 0.6) is 5.75 Å². The van der Waals surface area contributed by atoms with Gasteiger partial charge >= 0.3 is 5.97 Å². The highest BCUT2D eigenvalue weighted by Gasteiger charge is 2.25. The minimum atomic E-state index is -0.560. The molecule has 0 saturated heterocycles. The third-order valence-corrected chi connectivity index (χ3v) is 4.86. The van der Waals surface area contributed by atoms with E-state index in [0.29, 0.717) is 23.6 Å². The van der Waals surface area contributed by atoms with E-state index in [1.807, 2.05) is 62.4 Å². The standard InChI is InChI=1S/C23H21N3O4/c1-4-30-17-11-9-16(10-12-17)25-13-18-21(19(14-25)23(28)29-3)24-26(22(18)27)20-8-6-5-7-15(20)2/h5-14H,4H2,1-3H3. The molecule has 0 radical (unpaired) electrons. The first-order chi connectivity index (χ1) is 14.5. The van der Waals surface area contributed by atoms with Crippen LogP contribution in [0.3, 0.4) is 0 Å². The van der Waals surface area contributed by atoms with E-state index < -0.39 is 5.97 Å². The van der Waals surface area contributed by atoms with Gasteiger partial charge in [0, 0.05) is 18.1 Å². The number of esters is 1. The lowest BCUT2D eigenvalue weighted by molar-refractivity contribution is 0.0600. The first-order valence-corrected chi connectivity index (χ1v) is 9.56. The van der Waals surface area contributed by atoms with Crippen molar-refractivity contribution in [3.05, 3.63) is 82.4 Å². The van der Waals surface area contributed by atoms with Crippen LogP contribution in [0.2, 0.25) is 0 Å². The molecule has 7 heteroatoms. The van der Waals surface area contributed by atoms with E-state index in [0.717, 1.165) is 17.0 Å². The zero-order chi connectivity index (χ0) is 21.3. The van der Waals surface area contributed by atoms with Crippen LogP contribution in [0.25, 0.3) is 22.6 Å². The van der Waals surface area contributed by atoms with Gasteiger partial charge < -0.3 is 14.0 Å². The molecule has 0 atom stereocenters. The molecular formula is C23H21N3O4. The van der Waals surface area contributed by atoms with Gasteiger partial charge in [-0.15, -0.1) is 0 Å². The number of nitrogens with zero attached hydrogens (tertiary/aromatic N) is 3. The number of hydrogen-bond donors (Lipinski definition) is 0. The minimum Gasteiger partial charge on any atom is -0.494 e. The minimum absolute atomic E-state index is 0.216. The second-order valence-corrected chi connectivity index (χ2v) is 6.76. The number of ether oxygens (including phenoxy) is 2. The van der Waals surface area contributed by atoms with Crippen LogP contribution in [0.4, 0.5) is 0 Å². The summed E-state index contributed by atoms with van der Waals surface area (Å²) in [6.07, 6.45) is 3.31. The number of aromatic nitrogens is 3. The van der Waals surface area contributed by atoms with Crippen molar-refractivity contribution in [1.82, 2.24) is 14.3 Å². The Morgan fingerprint density at radius 1 is 1.07 bits per heavy atom. The quantitative estimate of drug-likeness (QED) is 0.476. The molecule has 0 fully saturated rings. The maximum atomic E-state index is 13.2. The fourth-order valence-electron chi connectivity index (χ4n) is 3.36. The molecule has 2 aromatic rings. The molecule has 30 heavy (non-hydrogen) atoms. The molecule has 2 heterocycles. The van der Waals surface area contributed by atoms with E-state index in [1.165, 1.54) is 11.8 Å². The first kappa shape index (κ1) is 19.4. The third-order valence-electron chi connectivity index (χ3n) is 4.86. The summed E-state index contributed by atoms with van der Waals surface area (Å²) in [5.41, 5.74) is 2.89. The van der Waals surface area contributed by atoms with Gasteiger partial charge in [-0.2, -0.15) is 9.78 Å². The van der Waals surface area contributed by atoms with Crippen LogP contribution in [0, 0.1) is 6.92 Å². The average molecular weight is 403 g/mol. The molecule has 0 saturated carbocycles. The molecule has 2 aliphatic rings. The summed E-state index contributed by atoms with van der Waals surface area (Å²) < 4.78 is 13.5. The highest BCUT2D eigenvalue weighted by atomic mass is 16.5. The molecule has 0 amide bonds. The summed E-state index contributed by atoms with van der Waals surface area (Å²) in [4.78, 5) is 25.6. The van der Waals surface area contributed by atoms with Crippen LogP contribution in [-0.2, 0) is 4.74 Å². The Labute approximate surface area is 173 Å². The Hall–Kier alpha value is -3.87. The monoisotopic (exact) mass is 403 g/mol. The van der Waals surface area contributed by atoms with Gasteiger partial charge in [0.2, 0.25) is 0 Å². The van der Waals surface area contributed by atoms with Gasteiger partial charge in [0.05, 0.1) is 25.0 Å². The molecule has 2 aromatic carbocycles. The number of carbonyl (C=O) groups excluding carboxylic acids is 1. The Balaban J connectivity index is 1.93. The van der Waals surface area contributed by atoms with Crippen molar-refractivity contribution in [1.29, 1.82) is 0 Å². The number of aryl methyl sites for hydroxylation is 1. The number of hydrogen-bond acceptors (Lipinski definition) is 5. The van der Waals surface area contributed by atoms with Crippen LogP contribution in [0.15, 0.2) is 65.7 Å². The van der Waals surface area contributed by atoms with Crippen molar-refractivity contribution in [3.63, 3.8) is 0 Å². The molecule has 152 valence electrons. The zero-order valence-corrected chi connectivity index (χ0v) is 17.0. The van der Waals surface area contributed by atoms with Crippen molar-refractivity contribution in [3.8, 4) is 28.4 Å². The SMILES string of the molecule is CCOc1ccc(-n2cc(C(=O)OC)c3nn(-c4ccccc4C)c(=O)c-3c2)cc1. The molecule has 0 unspecified atom stereocenters. The number of rotatable bonds is 5. The van der Waals surface area contributed by atoms with Gasteiger partial charge in [-0.1, -0.05) is 18.2 Å². The molecule has 4 rings (SSSR count). The van der Waals surface area contributed by atoms with Gasteiger partial charge in [0.15, 0.2) is 0 Å². The van der Waals surface area contributed by atoms with E-state index in [9.17, 15) is 9.59 Å². The summed E-state index contributed by atoms with van der Waals surface area (Å²) in [6.45, 7) is 4.39. The van der Waals surface area contributed by atoms with Crippen LogP contribution >= 0.6 is 0 Å². The fraction of sp³-hybridized carbons (Fsp3) is 0.174. The van der Waals surface area contributed by atoms with E-state index in [-0.39, 0.29) is 11.1 Å². The predicted molar refractivity (Wildman–Crippen MR) is 113 cm³/mol. The molecule has 7 nitrogen and oxygen atoms in total. The Bertz CT molecular complexity index is 1240. The number of benzene rings is 2. The average Bonchev–Trinajstić information content (AvgIpc) is 3.10. The molecular weight excluding hydrogens is 382 g/mol. The highest BCUT2D eigenvalue weighted by Crippen LogP contribution is 2.26. The maximum Gasteiger partial charge on any atom is 0.341 e. The van der Waals surface area contributed by atoms with Gasteiger partial charge in [-0.25, -0.2) is 4.79 Å². The van der Waals surface area contributed by atoms with E-state index in [2.05, 4.69) is 5.10 Å². The lowest BCUT2D eigenvalue weighted by Gasteiger charge is -2.12. The normalized spacial score (nSPS) is 10.9. The highest BCUT2D eigenvalue weighted by molar-refractivity contribution is 5.96. The number of para-hydroxylation sites is 1. The second kappa shape index (κ2) is 7.87. The van der Waals surface area contributed by atoms with Gasteiger partial charge in [0.25, 0.3) is 5.56 Å². The molecule has 0 aromatic heterocycles. The summed E-state index contributed by atoms with van der Waals surface area (Å²) in [7, 11) is 1.30. The smallest absolute Gasteiger partial charge is 0.341 e. The summed E-state index contributed by atoms with van der Waals surface area (Å²) >= 11 is 0. The molecule has 2 aliphatic heterocycles. The number of pyridine rings is 1. The van der Waals surface area contributed by atoms with E-state index in [4.69, 9.17) is 9.47 Å². The largest absolute Gasteiger partial charge is 0.494 e. The van der Waals surface area contributed by atoms with Crippen LogP contribution in [-0.4, -0.2) is 34.0 Å². The van der Waals surface area contributed by atoms with Gasteiger partial charge in [0.1, 0.15) is 17.0 Å². The Morgan fingerprint density at radius 3 is 2.47 bits per heavy atom. The summed E-state index contributed by atoms with van der Waals surface area (Å²) in [5, 5.41) is 4.46. The molecule has 0 N–H and O–H groups in total. The van der Waals surface area contributed by atoms with Gasteiger partial charge in [-0.3, -0.25) is 4.79 Å². The van der Waals surface area contributed by atoms with E-state index in [1.54, 1.807) is 17.0 Å². The molecule has 0 aliphatic carbocycles. The zero-order valence-electron chi connectivity index (χ0n) is 17.0. The van der Waals surface area contributed by atoms with Crippen molar-refractivity contribution >= 4 is 5.97 Å². The maximum absolute atomic E-state index is 13.2. The predicted octanol–water partition coefficient (Wildman–Crippen LogP) is 3.62. The first-order valence-electron chi connectivity index (χ1n) is 9.56. The Morgan fingerprint density at radius 2 is 1.80 bits per heavy atom.